The SMILES string of the molecule is O=C(O)C(O)Cc1ccc(OCN2c3ccccc3Oc3ccccc32)cc1. The molecule has 0 aromatic heterocycles. The Morgan fingerprint density at radius 2 is 1.50 bits per heavy atom. The number of para-hydroxylation sites is 4. The molecule has 0 saturated heterocycles. The highest BCUT2D eigenvalue weighted by atomic mass is 16.5. The molecule has 0 amide bonds. The average molecular weight is 377 g/mol. The standard InChI is InChI=1S/C22H19NO5/c24-19(22(25)26)13-15-9-11-16(12-10-15)27-14-23-17-5-1-3-7-20(17)28-21-8-4-2-6-18(21)23/h1-12,19,24H,13-14H2,(H,25,26). The monoisotopic (exact) mass is 377 g/mol. The molecule has 28 heavy (non-hydrogen) atoms. The van der Waals surface area contributed by atoms with Gasteiger partial charge in [0.1, 0.15) is 5.75 Å². The quantitative estimate of drug-likeness (QED) is 0.677. The minimum absolute atomic E-state index is 0.0554. The Morgan fingerprint density at radius 3 is 2.07 bits per heavy atom. The van der Waals surface area contributed by atoms with Crippen LogP contribution in [0.25, 0.3) is 0 Å². The van der Waals surface area contributed by atoms with Gasteiger partial charge < -0.3 is 24.6 Å². The molecular weight excluding hydrogens is 358 g/mol. The summed E-state index contributed by atoms with van der Waals surface area (Å²) in [7, 11) is 0. The summed E-state index contributed by atoms with van der Waals surface area (Å²) in [6.07, 6.45) is -1.35. The highest BCUT2D eigenvalue weighted by molar-refractivity contribution is 5.77. The van der Waals surface area contributed by atoms with Crippen LogP contribution in [0.4, 0.5) is 11.4 Å². The smallest absolute Gasteiger partial charge is 0.332 e. The number of fused-ring (bicyclic) bond motifs is 2. The predicted octanol–water partition coefficient (Wildman–Crippen LogP) is 3.95. The number of benzene rings is 3. The Hall–Kier alpha value is -3.51. The van der Waals surface area contributed by atoms with E-state index in [1.165, 1.54) is 0 Å². The van der Waals surface area contributed by atoms with Gasteiger partial charge in [-0.3, -0.25) is 0 Å². The van der Waals surface area contributed by atoms with Gasteiger partial charge in [0.25, 0.3) is 0 Å². The number of carbonyl (C=O) groups is 1. The van der Waals surface area contributed by atoms with Gasteiger partial charge in [0, 0.05) is 6.42 Å². The molecule has 0 saturated carbocycles. The van der Waals surface area contributed by atoms with Crippen molar-refractivity contribution in [1.82, 2.24) is 0 Å². The molecule has 1 atom stereocenters. The first-order valence-corrected chi connectivity index (χ1v) is 8.88. The molecule has 4 rings (SSSR count). The van der Waals surface area contributed by atoms with E-state index in [-0.39, 0.29) is 13.2 Å². The lowest BCUT2D eigenvalue weighted by atomic mass is 10.1. The van der Waals surface area contributed by atoms with Crippen LogP contribution in [0.1, 0.15) is 5.56 Å². The summed E-state index contributed by atoms with van der Waals surface area (Å²) in [5.74, 6) is 0.950. The lowest BCUT2D eigenvalue weighted by molar-refractivity contribution is -0.146. The maximum Gasteiger partial charge on any atom is 0.332 e. The maximum atomic E-state index is 10.8. The van der Waals surface area contributed by atoms with Crippen molar-refractivity contribution in [2.75, 3.05) is 11.6 Å². The Kier molecular flexibility index (Phi) is 4.87. The number of aliphatic carboxylic acids is 1. The molecule has 1 heterocycles. The van der Waals surface area contributed by atoms with Gasteiger partial charge >= 0.3 is 5.97 Å². The van der Waals surface area contributed by atoms with Crippen molar-refractivity contribution in [2.45, 2.75) is 12.5 Å². The minimum Gasteiger partial charge on any atom is -0.479 e. The van der Waals surface area contributed by atoms with Crippen LogP contribution in [0.5, 0.6) is 17.2 Å². The van der Waals surface area contributed by atoms with Gasteiger partial charge in [0.05, 0.1) is 11.4 Å². The second-order valence-electron chi connectivity index (χ2n) is 6.44. The van der Waals surface area contributed by atoms with Crippen molar-refractivity contribution in [3.05, 3.63) is 78.4 Å². The third-order valence-electron chi connectivity index (χ3n) is 4.53. The number of nitrogens with zero attached hydrogens (tertiary/aromatic N) is 1. The molecule has 0 radical (unpaired) electrons. The van der Waals surface area contributed by atoms with Crippen molar-refractivity contribution in [3.63, 3.8) is 0 Å². The van der Waals surface area contributed by atoms with E-state index < -0.39 is 12.1 Å². The lowest BCUT2D eigenvalue weighted by Gasteiger charge is -2.32. The second kappa shape index (κ2) is 7.62. The molecule has 6 heteroatoms. The molecule has 142 valence electrons. The fourth-order valence-corrected chi connectivity index (χ4v) is 3.09. The Labute approximate surface area is 162 Å². The number of anilines is 2. The zero-order valence-corrected chi connectivity index (χ0v) is 15.0. The van der Waals surface area contributed by atoms with E-state index in [9.17, 15) is 9.90 Å². The van der Waals surface area contributed by atoms with E-state index in [2.05, 4.69) is 0 Å². The molecule has 6 nitrogen and oxygen atoms in total. The number of hydrogen-bond donors (Lipinski definition) is 2. The molecule has 0 bridgehead atoms. The van der Waals surface area contributed by atoms with Crippen LogP contribution in [0, 0.1) is 0 Å². The first kappa shape index (κ1) is 17.9. The van der Waals surface area contributed by atoms with Crippen LogP contribution in [0.15, 0.2) is 72.8 Å². The molecule has 1 aliphatic heterocycles. The van der Waals surface area contributed by atoms with Crippen LogP contribution in [-0.4, -0.2) is 29.0 Å². The number of carboxylic acids is 1. The highest BCUT2D eigenvalue weighted by Gasteiger charge is 2.24. The molecule has 2 N–H and O–H groups in total. The number of rotatable bonds is 6. The van der Waals surface area contributed by atoms with Crippen molar-refractivity contribution >= 4 is 17.3 Å². The van der Waals surface area contributed by atoms with Crippen LogP contribution >= 0.6 is 0 Å². The summed E-state index contributed by atoms with van der Waals surface area (Å²) < 4.78 is 11.9. The van der Waals surface area contributed by atoms with Crippen LogP contribution in [0.2, 0.25) is 0 Å². The number of hydrogen-bond acceptors (Lipinski definition) is 5. The summed E-state index contributed by atoms with van der Waals surface area (Å²) >= 11 is 0. The van der Waals surface area contributed by atoms with Crippen molar-refractivity contribution in [1.29, 1.82) is 0 Å². The van der Waals surface area contributed by atoms with Crippen molar-refractivity contribution < 1.29 is 24.5 Å². The molecule has 0 fully saturated rings. The normalized spacial score (nSPS) is 13.1. The third kappa shape index (κ3) is 3.63. The summed E-state index contributed by atoms with van der Waals surface area (Å²) in [5.41, 5.74) is 2.56. The Morgan fingerprint density at radius 1 is 0.929 bits per heavy atom. The van der Waals surface area contributed by atoms with Gasteiger partial charge in [-0.25, -0.2) is 4.79 Å². The van der Waals surface area contributed by atoms with E-state index in [0.717, 1.165) is 28.4 Å². The first-order valence-electron chi connectivity index (χ1n) is 8.88. The van der Waals surface area contributed by atoms with E-state index in [1.807, 2.05) is 53.4 Å². The Bertz CT molecular complexity index is 941. The van der Waals surface area contributed by atoms with Crippen molar-refractivity contribution in [3.8, 4) is 17.2 Å². The summed E-state index contributed by atoms with van der Waals surface area (Å²) in [6.45, 7) is 0.286. The molecule has 1 aliphatic rings. The molecule has 0 spiro atoms. The summed E-state index contributed by atoms with van der Waals surface area (Å²) in [6, 6.07) is 22.6. The van der Waals surface area contributed by atoms with Gasteiger partial charge in [-0.2, -0.15) is 0 Å². The fourth-order valence-electron chi connectivity index (χ4n) is 3.09. The van der Waals surface area contributed by atoms with Crippen LogP contribution in [-0.2, 0) is 11.2 Å². The van der Waals surface area contributed by atoms with Gasteiger partial charge in [-0.05, 0) is 42.0 Å². The maximum absolute atomic E-state index is 10.8. The number of ether oxygens (including phenoxy) is 2. The largest absolute Gasteiger partial charge is 0.479 e. The zero-order chi connectivity index (χ0) is 19.5. The number of carboxylic acid groups (broad SMARTS) is 1. The summed E-state index contributed by atoms with van der Waals surface area (Å²) in [5, 5.41) is 18.3. The van der Waals surface area contributed by atoms with E-state index in [4.69, 9.17) is 14.6 Å². The summed E-state index contributed by atoms with van der Waals surface area (Å²) in [4.78, 5) is 12.8. The van der Waals surface area contributed by atoms with Gasteiger partial charge in [-0.1, -0.05) is 36.4 Å². The van der Waals surface area contributed by atoms with Gasteiger partial charge in [-0.15, -0.1) is 0 Å². The van der Waals surface area contributed by atoms with E-state index in [1.54, 1.807) is 24.3 Å². The number of aliphatic hydroxyl groups is 1. The second-order valence-corrected chi connectivity index (χ2v) is 6.44. The Balaban J connectivity index is 1.50. The first-order chi connectivity index (χ1) is 13.6. The topological polar surface area (TPSA) is 79.2 Å². The minimum atomic E-state index is -1.41. The molecule has 3 aromatic rings. The highest BCUT2D eigenvalue weighted by Crippen LogP contribution is 2.46. The van der Waals surface area contributed by atoms with Crippen LogP contribution in [0.3, 0.4) is 0 Å². The van der Waals surface area contributed by atoms with Crippen molar-refractivity contribution in [2.24, 2.45) is 0 Å². The molecule has 1 unspecified atom stereocenters. The zero-order valence-electron chi connectivity index (χ0n) is 15.0. The molecular formula is C22H19NO5. The average Bonchev–Trinajstić information content (AvgIpc) is 2.72. The molecule has 3 aromatic carbocycles. The van der Waals surface area contributed by atoms with Crippen LogP contribution < -0.4 is 14.4 Å². The van der Waals surface area contributed by atoms with E-state index >= 15 is 0 Å². The van der Waals surface area contributed by atoms with Gasteiger partial charge in [0.15, 0.2) is 24.3 Å². The number of aliphatic hydroxyl groups excluding tert-OH is 1. The fraction of sp³-hybridized carbons (Fsp3) is 0.136. The predicted molar refractivity (Wildman–Crippen MR) is 104 cm³/mol. The van der Waals surface area contributed by atoms with E-state index in [0.29, 0.717) is 5.75 Å². The lowest BCUT2D eigenvalue weighted by Crippen LogP contribution is -2.25. The third-order valence-corrected chi connectivity index (χ3v) is 4.53. The molecule has 0 aliphatic carbocycles. The van der Waals surface area contributed by atoms with Gasteiger partial charge in [0.2, 0.25) is 0 Å².